The van der Waals surface area contributed by atoms with Crippen LogP contribution < -0.4 is 10.1 Å². The molecule has 1 heterocycles. The number of rotatable bonds is 9. The summed E-state index contributed by atoms with van der Waals surface area (Å²) in [4.78, 5) is 27.8. The van der Waals surface area contributed by atoms with Gasteiger partial charge in [-0.3, -0.25) is 4.79 Å². The van der Waals surface area contributed by atoms with Gasteiger partial charge < -0.3 is 24.0 Å². The molecule has 8 nitrogen and oxygen atoms in total. The summed E-state index contributed by atoms with van der Waals surface area (Å²) in [6.45, 7) is -0.560. The van der Waals surface area contributed by atoms with E-state index in [1.54, 1.807) is 43.5 Å². The molecule has 25 heavy (non-hydrogen) atoms. The Bertz CT molecular complexity index is 694. The Kier molecular flexibility index (Phi) is 7.05. The molecule has 0 bridgehead atoms. The van der Waals surface area contributed by atoms with E-state index in [9.17, 15) is 9.59 Å². The number of carbonyl (C=O) groups is 2. The Balaban J connectivity index is 1.59. The van der Waals surface area contributed by atoms with Crippen LogP contribution in [0.5, 0.6) is 5.75 Å². The molecule has 1 N–H and O–H groups in total. The lowest BCUT2D eigenvalue weighted by molar-refractivity contribution is -0.152. The van der Waals surface area contributed by atoms with Crippen LogP contribution in [0.1, 0.15) is 11.3 Å². The van der Waals surface area contributed by atoms with E-state index in [0.717, 1.165) is 11.3 Å². The zero-order valence-electron chi connectivity index (χ0n) is 13.6. The predicted octanol–water partition coefficient (Wildman–Crippen LogP) is 1.50. The van der Waals surface area contributed by atoms with E-state index in [1.807, 2.05) is 0 Å². The summed E-state index contributed by atoms with van der Waals surface area (Å²) < 4.78 is 14.9. The Morgan fingerprint density at radius 3 is 2.68 bits per heavy atom. The number of carbonyl (C=O) groups excluding carboxylic acids is 2. The van der Waals surface area contributed by atoms with Crippen LogP contribution in [0, 0.1) is 0 Å². The van der Waals surface area contributed by atoms with Crippen LogP contribution in [0.2, 0.25) is 0 Å². The van der Waals surface area contributed by atoms with Crippen molar-refractivity contribution in [1.29, 1.82) is 0 Å². The first-order valence-electron chi connectivity index (χ1n) is 7.41. The normalized spacial score (nSPS) is 10.4. The Morgan fingerprint density at radius 2 is 2.00 bits per heavy atom. The first kappa shape index (κ1) is 18.1. The molecule has 1 amide bonds. The fourth-order valence-electron chi connectivity index (χ4n) is 1.72. The van der Waals surface area contributed by atoms with Crippen molar-refractivity contribution in [3.05, 3.63) is 54.0 Å². The molecule has 2 aromatic rings. The molecule has 0 saturated heterocycles. The van der Waals surface area contributed by atoms with Gasteiger partial charge in [-0.15, -0.1) is 0 Å². The maximum Gasteiger partial charge on any atom is 0.347 e. The highest BCUT2D eigenvalue weighted by Gasteiger charge is 2.08. The van der Waals surface area contributed by atoms with Crippen LogP contribution in [0.15, 0.2) is 52.2 Å². The number of hydrogen-bond donors (Lipinski definition) is 1. The molecule has 8 heteroatoms. The van der Waals surface area contributed by atoms with Crippen LogP contribution in [0.3, 0.4) is 0 Å². The molecule has 0 unspecified atom stereocenters. The Morgan fingerprint density at radius 1 is 1.20 bits per heavy atom. The molecule has 0 aliphatic carbocycles. The molecule has 0 aliphatic rings. The van der Waals surface area contributed by atoms with Crippen molar-refractivity contribution < 1.29 is 28.3 Å². The number of ether oxygens (including phenoxy) is 2. The number of amides is 1. The summed E-state index contributed by atoms with van der Waals surface area (Å²) in [6, 6.07) is 10.6. The van der Waals surface area contributed by atoms with Crippen molar-refractivity contribution in [2.45, 2.75) is 6.54 Å². The second-order valence-corrected chi connectivity index (χ2v) is 4.80. The molecular weight excluding hydrogens is 328 g/mol. The van der Waals surface area contributed by atoms with Crippen molar-refractivity contribution >= 4 is 18.1 Å². The lowest BCUT2D eigenvalue weighted by atomic mass is 10.2. The molecular formula is C17H18N2O6. The summed E-state index contributed by atoms with van der Waals surface area (Å²) in [5, 5.41) is 6.20. The third-order valence-corrected chi connectivity index (χ3v) is 2.98. The topological polar surface area (TPSA) is 99.4 Å². The van der Waals surface area contributed by atoms with Gasteiger partial charge in [0.15, 0.2) is 6.61 Å². The third-order valence-electron chi connectivity index (χ3n) is 2.98. The van der Waals surface area contributed by atoms with Crippen molar-refractivity contribution in [2.24, 2.45) is 5.16 Å². The lowest BCUT2D eigenvalue weighted by Crippen LogP contribution is -2.28. The van der Waals surface area contributed by atoms with Crippen LogP contribution in [0.4, 0.5) is 0 Å². The number of nitrogens with zero attached hydrogens (tertiary/aromatic N) is 1. The van der Waals surface area contributed by atoms with Crippen molar-refractivity contribution in [2.75, 3.05) is 20.3 Å². The number of nitrogens with one attached hydrogen (secondary N) is 1. The molecule has 0 saturated carbocycles. The smallest absolute Gasteiger partial charge is 0.347 e. The quantitative estimate of drug-likeness (QED) is 0.420. The fraction of sp³-hybridized carbons (Fsp3) is 0.235. The minimum atomic E-state index is -0.694. The van der Waals surface area contributed by atoms with Crippen LogP contribution in [-0.2, 0) is 25.7 Å². The fourth-order valence-corrected chi connectivity index (χ4v) is 1.72. The van der Waals surface area contributed by atoms with Gasteiger partial charge in [-0.2, -0.15) is 0 Å². The summed E-state index contributed by atoms with van der Waals surface area (Å²) in [5.74, 6) is 0.203. The van der Waals surface area contributed by atoms with Gasteiger partial charge in [-0.05, 0) is 42.0 Å². The zero-order chi connectivity index (χ0) is 17.9. The molecule has 1 aromatic carbocycles. The van der Waals surface area contributed by atoms with Gasteiger partial charge in [0.1, 0.15) is 11.5 Å². The number of benzene rings is 1. The minimum absolute atomic E-state index is 0.228. The summed E-state index contributed by atoms with van der Waals surface area (Å²) in [5.41, 5.74) is 0.784. The number of hydrogen-bond acceptors (Lipinski definition) is 7. The van der Waals surface area contributed by atoms with E-state index in [1.165, 1.54) is 12.5 Å². The lowest BCUT2D eigenvalue weighted by Gasteiger charge is -2.04. The second kappa shape index (κ2) is 9.76. The third kappa shape index (κ3) is 6.78. The second-order valence-electron chi connectivity index (χ2n) is 4.80. The Labute approximate surface area is 144 Å². The summed E-state index contributed by atoms with van der Waals surface area (Å²) in [6.07, 6.45) is 2.95. The monoisotopic (exact) mass is 346 g/mol. The molecule has 0 atom stereocenters. The van der Waals surface area contributed by atoms with E-state index in [2.05, 4.69) is 10.5 Å². The maximum absolute atomic E-state index is 11.5. The zero-order valence-corrected chi connectivity index (χ0v) is 13.6. The van der Waals surface area contributed by atoms with Gasteiger partial charge in [-0.1, -0.05) is 5.16 Å². The highest BCUT2D eigenvalue weighted by Crippen LogP contribution is 2.09. The van der Waals surface area contributed by atoms with Crippen LogP contribution in [-0.4, -0.2) is 38.4 Å². The van der Waals surface area contributed by atoms with E-state index < -0.39 is 25.1 Å². The standard InChI is InChI=1S/C17H18N2O6/c1-22-14-6-4-13(5-7-14)9-19-25-12-17(21)24-11-16(20)18-10-15-3-2-8-23-15/h2-9H,10-12H2,1H3,(H,18,20)/b19-9+. The first-order chi connectivity index (χ1) is 12.2. The maximum atomic E-state index is 11.5. The molecule has 0 aliphatic heterocycles. The van der Waals surface area contributed by atoms with E-state index in [4.69, 9.17) is 18.7 Å². The number of furan rings is 1. The SMILES string of the molecule is COc1ccc(/C=N/OCC(=O)OCC(=O)NCc2ccco2)cc1. The number of oxime groups is 1. The Hall–Kier alpha value is -3.29. The largest absolute Gasteiger partial charge is 0.497 e. The molecule has 1 aromatic heterocycles. The van der Waals surface area contributed by atoms with Gasteiger partial charge in [0.05, 0.1) is 26.1 Å². The predicted molar refractivity (Wildman–Crippen MR) is 88.1 cm³/mol. The highest BCUT2D eigenvalue weighted by molar-refractivity contribution is 5.81. The summed E-state index contributed by atoms with van der Waals surface area (Å²) in [7, 11) is 1.58. The summed E-state index contributed by atoms with van der Waals surface area (Å²) >= 11 is 0. The van der Waals surface area contributed by atoms with Crippen LogP contribution >= 0.6 is 0 Å². The van der Waals surface area contributed by atoms with Gasteiger partial charge in [0, 0.05) is 0 Å². The average molecular weight is 346 g/mol. The number of methoxy groups -OCH3 is 1. The van der Waals surface area contributed by atoms with E-state index in [0.29, 0.717) is 5.76 Å². The molecule has 0 spiro atoms. The van der Waals surface area contributed by atoms with Gasteiger partial charge >= 0.3 is 5.97 Å². The van der Waals surface area contributed by atoms with Gasteiger partial charge in [0.25, 0.3) is 5.91 Å². The van der Waals surface area contributed by atoms with Crippen LogP contribution in [0.25, 0.3) is 0 Å². The minimum Gasteiger partial charge on any atom is -0.497 e. The first-order valence-corrected chi connectivity index (χ1v) is 7.41. The molecule has 2 rings (SSSR count). The van der Waals surface area contributed by atoms with Crippen molar-refractivity contribution in [3.8, 4) is 5.75 Å². The number of esters is 1. The van der Waals surface area contributed by atoms with E-state index >= 15 is 0 Å². The van der Waals surface area contributed by atoms with Gasteiger partial charge in [0.2, 0.25) is 6.61 Å². The molecule has 132 valence electrons. The molecule has 0 fully saturated rings. The molecule has 0 radical (unpaired) electrons. The highest BCUT2D eigenvalue weighted by atomic mass is 16.7. The van der Waals surface area contributed by atoms with E-state index in [-0.39, 0.29) is 6.54 Å². The average Bonchev–Trinajstić information content (AvgIpc) is 3.16. The van der Waals surface area contributed by atoms with Crippen molar-refractivity contribution in [3.63, 3.8) is 0 Å². The van der Waals surface area contributed by atoms with Crippen molar-refractivity contribution in [1.82, 2.24) is 5.32 Å². The van der Waals surface area contributed by atoms with Gasteiger partial charge in [-0.25, -0.2) is 4.79 Å².